The molecule has 1 amide bonds. The minimum Gasteiger partial charge on any atom is -0.444 e. The lowest BCUT2D eigenvalue weighted by Gasteiger charge is -2.35. The first kappa shape index (κ1) is 22.2. The van der Waals surface area contributed by atoms with Gasteiger partial charge in [-0.25, -0.2) is 4.79 Å². The number of hydrogen-bond donors (Lipinski definition) is 1. The summed E-state index contributed by atoms with van der Waals surface area (Å²) in [5.41, 5.74) is -0.476. The Hall–Kier alpha value is -0.813. The number of carbonyl (C=O) groups is 1. The van der Waals surface area contributed by atoms with E-state index < -0.39 is 13.9 Å². The molecule has 0 aromatic heterocycles. The van der Waals surface area contributed by atoms with Crippen LogP contribution in [0.1, 0.15) is 61.3 Å². The normalized spacial score (nSPS) is 14.8. The molecule has 0 saturated heterocycles. The predicted molar refractivity (Wildman–Crippen MR) is 100 cm³/mol. The minimum absolute atomic E-state index is 0.0159. The Labute approximate surface area is 144 Å². The highest BCUT2D eigenvalue weighted by Crippen LogP contribution is 2.36. The predicted octanol–water partition coefficient (Wildman–Crippen LogP) is 5.26. The van der Waals surface area contributed by atoms with Crippen molar-refractivity contribution in [1.29, 1.82) is 0 Å². The molecule has 1 atom stereocenters. The molecule has 0 aliphatic heterocycles. The zero-order chi connectivity index (χ0) is 18.3. The number of ether oxygens (including phenoxy) is 1. The van der Waals surface area contributed by atoms with Gasteiger partial charge in [-0.05, 0) is 45.3 Å². The van der Waals surface area contributed by atoms with Crippen molar-refractivity contribution in [1.82, 2.24) is 5.32 Å². The molecule has 0 aliphatic carbocycles. The van der Waals surface area contributed by atoms with Gasteiger partial charge in [0.1, 0.15) is 5.60 Å². The van der Waals surface area contributed by atoms with E-state index in [0.29, 0.717) is 6.61 Å². The van der Waals surface area contributed by atoms with E-state index in [1.165, 1.54) is 0 Å². The molecule has 136 valence electrons. The Kier molecular flexibility index (Phi) is 8.56. The highest BCUT2D eigenvalue weighted by Gasteiger charge is 2.36. The fourth-order valence-electron chi connectivity index (χ4n) is 1.68. The summed E-state index contributed by atoms with van der Waals surface area (Å²) in [4.78, 5) is 11.9. The lowest BCUT2D eigenvalue weighted by Crippen LogP contribution is -2.41. The Morgan fingerprint density at radius 1 is 1.17 bits per heavy atom. The van der Waals surface area contributed by atoms with E-state index >= 15 is 0 Å². The molecule has 0 saturated carbocycles. The van der Waals surface area contributed by atoms with Crippen LogP contribution < -0.4 is 5.32 Å². The van der Waals surface area contributed by atoms with E-state index in [4.69, 9.17) is 9.16 Å². The number of alkyl carbamates (subject to hydrolysis) is 1. The summed E-state index contributed by atoms with van der Waals surface area (Å²) >= 11 is 0. The zero-order valence-electron chi connectivity index (χ0n) is 16.6. The molecule has 0 fully saturated rings. The summed E-state index contributed by atoms with van der Waals surface area (Å²) < 4.78 is 11.4. The average molecular weight is 344 g/mol. The van der Waals surface area contributed by atoms with Crippen LogP contribution in [-0.2, 0) is 9.16 Å². The van der Waals surface area contributed by atoms with Crippen LogP contribution in [0.4, 0.5) is 4.79 Å². The molecule has 1 N–H and O–H groups in total. The van der Waals surface area contributed by atoms with E-state index in [1.54, 1.807) is 0 Å². The quantitative estimate of drug-likeness (QED) is 0.507. The summed E-state index contributed by atoms with van der Waals surface area (Å²) in [6, 6.07) is -0.0159. The van der Waals surface area contributed by atoms with Crippen LogP contribution in [-0.4, -0.2) is 32.7 Å². The van der Waals surface area contributed by atoms with Crippen molar-refractivity contribution in [3.8, 4) is 0 Å². The van der Waals surface area contributed by atoms with Crippen molar-refractivity contribution < 1.29 is 14.0 Å². The first-order chi connectivity index (χ1) is 10.3. The third kappa shape index (κ3) is 9.82. The fourth-order valence-corrected chi connectivity index (χ4v) is 2.63. The van der Waals surface area contributed by atoms with Gasteiger partial charge in [0.25, 0.3) is 0 Å². The summed E-state index contributed by atoms with van der Waals surface area (Å²) in [6.07, 6.45) is 5.54. The van der Waals surface area contributed by atoms with Gasteiger partial charge in [-0.1, -0.05) is 46.3 Å². The summed E-state index contributed by atoms with van der Waals surface area (Å²) in [6.45, 7) is 19.5. The van der Waals surface area contributed by atoms with Crippen LogP contribution in [0.25, 0.3) is 0 Å². The number of amides is 1. The van der Waals surface area contributed by atoms with E-state index in [0.717, 1.165) is 12.8 Å². The second kappa shape index (κ2) is 8.88. The molecule has 0 aromatic rings. The minimum atomic E-state index is -1.72. The fraction of sp³-hybridized carbons (Fsp3) is 0.833. The van der Waals surface area contributed by atoms with Gasteiger partial charge < -0.3 is 14.5 Å². The van der Waals surface area contributed by atoms with E-state index in [2.05, 4.69) is 46.1 Å². The molecule has 0 spiro atoms. The first-order valence-electron chi connectivity index (χ1n) is 8.58. The number of hydrogen-bond acceptors (Lipinski definition) is 3. The van der Waals surface area contributed by atoms with Gasteiger partial charge >= 0.3 is 6.09 Å². The highest BCUT2D eigenvalue weighted by molar-refractivity contribution is 6.74. The summed E-state index contributed by atoms with van der Waals surface area (Å²) in [7, 11) is -1.72. The average Bonchev–Trinajstić information content (AvgIpc) is 2.30. The summed E-state index contributed by atoms with van der Waals surface area (Å²) in [5.74, 6) is 0. The molecular weight excluding hydrogens is 306 g/mol. The molecule has 0 aliphatic rings. The smallest absolute Gasteiger partial charge is 0.408 e. The van der Waals surface area contributed by atoms with Crippen molar-refractivity contribution in [2.75, 3.05) is 6.61 Å². The first-order valence-corrected chi connectivity index (χ1v) is 11.5. The van der Waals surface area contributed by atoms with Crippen LogP contribution in [0, 0.1) is 0 Å². The van der Waals surface area contributed by atoms with Gasteiger partial charge in [0.2, 0.25) is 0 Å². The molecule has 0 unspecified atom stereocenters. The van der Waals surface area contributed by atoms with Gasteiger partial charge in [0, 0.05) is 0 Å². The van der Waals surface area contributed by atoms with Crippen LogP contribution in [0.2, 0.25) is 18.1 Å². The Bertz CT molecular complexity index is 392. The molecule has 0 radical (unpaired) electrons. The number of rotatable bonds is 7. The number of carbonyl (C=O) groups excluding carboxylic acids is 1. The Balaban J connectivity index is 4.50. The van der Waals surface area contributed by atoms with Crippen LogP contribution >= 0.6 is 0 Å². The monoisotopic (exact) mass is 343 g/mol. The van der Waals surface area contributed by atoms with Gasteiger partial charge in [0.15, 0.2) is 8.32 Å². The topological polar surface area (TPSA) is 47.6 Å². The lowest BCUT2D eigenvalue weighted by atomic mass is 10.1. The summed E-state index contributed by atoms with van der Waals surface area (Å²) in [5, 5.41) is 3.12. The van der Waals surface area contributed by atoms with Crippen LogP contribution in [0.5, 0.6) is 0 Å². The van der Waals surface area contributed by atoms with Crippen molar-refractivity contribution in [3.63, 3.8) is 0 Å². The molecule has 0 heterocycles. The second-order valence-electron chi connectivity index (χ2n) is 8.54. The van der Waals surface area contributed by atoms with E-state index in [9.17, 15) is 4.79 Å². The van der Waals surface area contributed by atoms with Crippen LogP contribution in [0.3, 0.4) is 0 Å². The van der Waals surface area contributed by atoms with Gasteiger partial charge in [-0.2, -0.15) is 0 Å². The van der Waals surface area contributed by atoms with Crippen LogP contribution in [0.15, 0.2) is 12.2 Å². The molecule has 5 heteroatoms. The third-order valence-corrected chi connectivity index (χ3v) is 8.52. The Morgan fingerprint density at radius 2 is 1.74 bits per heavy atom. The van der Waals surface area contributed by atoms with E-state index in [1.807, 2.05) is 32.9 Å². The molecule has 4 nitrogen and oxygen atoms in total. The number of nitrogens with one attached hydrogen (secondary N) is 1. The Morgan fingerprint density at radius 3 is 2.17 bits per heavy atom. The third-order valence-electron chi connectivity index (χ3n) is 4.02. The molecule has 0 aromatic carbocycles. The maximum Gasteiger partial charge on any atom is 0.408 e. The van der Waals surface area contributed by atoms with Crippen molar-refractivity contribution in [2.45, 2.75) is 91.1 Å². The standard InChI is InChI=1S/C18H37NO3Si/c1-10-12-15(19-16(20)22-17(2,3)4)13-11-14-21-23(8,9)18(5,6)7/h11,13,15H,10,12,14H2,1-9H3,(H,19,20)/b13-11+/t15-/m0/s1. The van der Waals surface area contributed by atoms with Crippen molar-refractivity contribution in [3.05, 3.63) is 12.2 Å². The zero-order valence-corrected chi connectivity index (χ0v) is 17.6. The molecule has 0 bridgehead atoms. The van der Waals surface area contributed by atoms with Crippen molar-refractivity contribution >= 4 is 14.4 Å². The van der Waals surface area contributed by atoms with Gasteiger partial charge in [0.05, 0.1) is 12.6 Å². The highest BCUT2D eigenvalue weighted by atomic mass is 28.4. The SMILES string of the molecule is CCC[C@@H](/C=C/CO[Si](C)(C)C(C)(C)C)NC(=O)OC(C)(C)C. The second-order valence-corrected chi connectivity index (χ2v) is 13.4. The van der Waals surface area contributed by atoms with Gasteiger partial charge in [-0.3, -0.25) is 0 Å². The van der Waals surface area contributed by atoms with Gasteiger partial charge in [-0.15, -0.1) is 0 Å². The molecule has 0 rings (SSSR count). The maximum atomic E-state index is 11.9. The maximum absolute atomic E-state index is 11.9. The molecule has 23 heavy (non-hydrogen) atoms. The van der Waals surface area contributed by atoms with Crippen molar-refractivity contribution in [2.24, 2.45) is 0 Å². The lowest BCUT2D eigenvalue weighted by molar-refractivity contribution is 0.0512. The molecular formula is C18H37NO3Si. The van der Waals surface area contributed by atoms with E-state index in [-0.39, 0.29) is 17.2 Å². The largest absolute Gasteiger partial charge is 0.444 e.